The summed E-state index contributed by atoms with van der Waals surface area (Å²) >= 11 is 0. The van der Waals surface area contributed by atoms with Crippen molar-refractivity contribution in [2.45, 2.75) is 64.8 Å². The number of aliphatic hydroxyl groups excluding tert-OH is 2. The van der Waals surface area contributed by atoms with Crippen LogP contribution in [0.25, 0.3) is 0 Å². The molecule has 2 aliphatic carbocycles. The second kappa shape index (κ2) is 4.32. The maximum atomic E-state index is 10.9. The summed E-state index contributed by atoms with van der Waals surface area (Å²) < 4.78 is 0. The van der Waals surface area contributed by atoms with Gasteiger partial charge in [0.15, 0.2) is 0 Å². The van der Waals surface area contributed by atoms with E-state index in [1.807, 2.05) is 33.8 Å². The van der Waals surface area contributed by atoms with Crippen molar-refractivity contribution in [3.05, 3.63) is 11.6 Å². The first-order chi connectivity index (χ1) is 8.22. The van der Waals surface area contributed by atoms with Crippen LogP contribution in [0.15, 0.2) is 11.6 Å². The van der Waals surface area contributed by atoms with Gasteiger partial charge in [-0.1, -0.05) is 32.4 Å². The molecule has 0 aromatic rings. The Morgan fingerprint density at radius 1 is 1.33 bits per heavy atom. The number of rotatable bonds is 1. The Morgan fingerprint density at radius 2 is 1.94 bits per heavy atom. The average Bonchev–Trinajstić information content (AvgIpc) is 2.39. The minimum Gasteiger partial charge on any atom is -0.390 e. The average molecular weight is 254 g/mol. The largest absolute Gasteiger partial charge is 0.390 e. The fourth-order valence-corrected chi connectivity index (χ4v) is 4.07. The van der Waals surface area contributed by atoms with Crippen LogP contribution in [0.4, 0.5) is 0 Å². The van der Waals surface area contributed by atoms with Crippen LogP contribution in [-0.2, 0) is 0 Å². The topological polar surface area (TPSA) is 60.7 Å². The second-order valence-corrected chi connectivity index (χ2v) is 6.82. The number of hydrogen-bond acceptors (Lipinski definition) is 3. The van der Waals surface area contributed by atoms with E-state index in [0.717, 1.165) is 12.8 Å². The summed E-state index contributed by atoms with van der Waals surface area (Å²) in [5.41, 5.74) is -0.316. The first kappa shape index (κ1) is 14.0. The zero-order chi connectivity index (χ0) is 13.7. The SMILES string of the molecule is CC1=C[C@@H](O)[C@]2(C)C[C@@H](O)[C@](O)(C(C)C)[C@H]2CC1. The fraction of sp³-hybridized carbons (Fsp3) is 0.867. The Hall–Kier alpha value is -0.380. The molecule has 0 spiro atoms. The number of allylic oxidation sites excluding steroid dienone is 1. The third-order valence-corrected chi connectivity index (χ3v) is 5.39. The predicted molar refractivity (Wildman–Crippen MR) is 71.0 cm³/mol. The monoisotopic (exact) mass is 254 g/mol. The Kier molecular flexibility index (Phi) is 3.37. The minimum absolute atomic E-state index is 0.00932. The molecule has 0 unspecified atom stereocenters. The zero-order valence-electron chi connectivity index (χ0n) is 11.8. The summed E-state index contributed by atoms with van der Waals surface area (Å²) in [6, 6.07) is 0. The molecule has 0 radical (unpaired) electrons. The van der Waals surface area contributed by atoms with Crippen molar-refractivity contribution < 1.29 is 15.3 Å². The fourth-order valence-electron chi connectivity index (χ4n) is 4.07. The molecule has 5 atom stereocenters. The lowest BCUT2D eigenvalue weighted by Crippen LogP contribution is -2.50. The molecule has 2 aliphatic rings. The van der Waals surface area contributed by atoms with Gasteiger partial charge in [0, 0.05) is 5.41 Å². The van der Waals surface area contributed by atoms with E-state index in [0.29, 0.717) is 6.42 Å². The standard InChI is InChI=1S/C15H26O3/c1-9(2)15(18)11-6-5-10(3)7-12(16)14(11,4)8-13(15)17/h7,9,11-13,16-18H,5-6,8H2,1-4H3/t11-,12+,13+,14+,15-/m0/s1. The molecule has 0 bridgehead atoms. The highest BCUT2D eigenvalue weighted by molar-refractivity contribution is 5.19. The molecule has 0 aliphatic heterocycles. The van der Waals surface area contributed by atoms with Crippen molar-refractivity contribution in [2.75, 3.05) is 0 Å². The van der Waals surface area contributed by atoms with Crippen LogP contribution in [0.5, 0.6) is 0 Å². The van der Waals surface area contributed by atoms with Gasteiger partial charge in [-0.25, -0.2) is 0 Å². The summed E-state index contributed by atoms with van der Waals surface area (Å²) in [6.45, 7) is 7.93. The van der Waals surface area contributed by atoms with E-state index >= 15 is 0 Å². The molecule has 3 heteroatoms. The van der Waals surface area contributed by atoms with Crippen LogP contribution in [0, 0.1) is 17.3 Å². The van der Waals surface area contributed by atoms with Gasteiger partial charge in [0.25, 0.3) is 0 Å². The van der Waals surface area contributed by atoms with Gasteiger partial charge in [0.2, 0.25) is 0 Å². The molecule has 0 aromatic heterocycles. The maximum absolute atomic E-state index is 10.9. The van der Waals surface area contributed by atoms with E-state index in [1.165, 1.54) is 5.57 Å². The van der Waals surface area contributed by atoms with Crippen molar-refractivity contribution >= 4 is 0 Å². The van der Waals surface area contributed by atoms with Crippen LogP contribution in [0.1, 0.15) is 47.0 Å². The number of fused-ring (bicyclic) bond motifs is 1. The molecular formula is C15H26O3. The lowest BCUT2D eigenvalue weighted by molar-refractivity contribution is -0.126. The molecular weight excluding hydrogens is 228 g/mol. The molecule has 1 saturated carbocycles. The second-order valence-electron chi connectivity index (χ2n) is 6.82. The van der Waals surface area contributed by atoms with E-state index in [2.05, 4.69) is 0 Å². The molecule has 0 saturated heterocycles. The summed E-state index contributed by atoms with van der Waals surface area (Å²) in [5.74, 6) is -0.0615. The highest BCUT2D eigenvalue weighted by atomic mass is 16.3. The highest BCUT2D eigenvalue weighted by Gasteiger charge is 2.62. The third-order valence-electron chi connectivity index (χ3n) is 5.39. The Balaban J connectivity index is 2.44. The molecule has 1 fully saturated rings. The van der Waals surface area contributed by atoms with Gasteiger partial charge < -0.3 is 15.3 Å². The van der Waals surface area contributed by atoms with E-state index in [1.54, 1.807) is 0 Å². The number of hydrogen-bond donors (Lipinski definition) is 3. The van der Waals surface area contributed by atoms with Gasteiger partial charge in [0.1, 0.15) is 0 Å². The quantitative estimate of drug-likeness (QED) is 0.626. The normalized spacial score (nSPS) is 48.9. The van der Waals surface area contributed by atoms with Crippen LogP contribution in [-0.4, -0.2) is 33.1 Å². The van der Waals surface area contributed by atoms with Crippen LogP contribution in [0.2, 0.25) is 0 Å². The summed E-state index contributed by atoms with van der Waals surface area (Å²) in [7, 11) is 0. The van der Waals surface area contributed by atoms with Gasteiger partial charge in [0.05, 0.1) is 17.8 Å². The summed E-state index contributed by atoms with van der Waals surface area (Å²) in [6.07, 6.45) is 2.78. The van der Waals surface area contributed by atoms with Crippen LogP contribution >= 0.6 is 0 Å². The molecule has 3 N–H and O–H groups in total. The first-order valence-corrected chi connectivity index (χ1v) is 6.98. The Labute approximate surface area is 110 Å². The first-order valence-electron chi connectivity index (χ1n) is 6.98. The van der Waals surface area contributed by atoms with Crippen molar-refractivity contribution in [2.24, 2.45) is 17.3 Å². The molecule has 3 nitrogen and oxygen atoms in total. The van der Waals surface area contributed by atoms with E-state index in [4.69, 9.17) is 0 Å². The van der Waals surface area contributed by atoms with E-state index in [9.17, 15) is 15.3 Å². The van der Waals surface area contributed by atoms with E-state index in [-0.39, 0.29) is 11.8 Å². The van der Waals surface area contributed by atoms with Crippen LogP contribution in [0.3, 0.4) is 0 Å². The molecule has 0 aromatic carbocycles. The third kappa shape index (κ3) is 1.75. The Morgan fingerprint density at radius 3 is 2.50 bits per heavy atom. The molecule has 0 heterocycles. The van der Waals surface area contributed by atoms with Crippen molar-refractivity contribution in [3.63, 3.8) is 0 Å². The smallest absolute Gasteiger partial charge is 0.0962 e. The molecule has 18 heavy (non-hydrogen) atoms. The van der Waals surface area contributed by atoms with Gasteiger partial charge >= 0.3 is 0 Å². The van der Waals surface area contributed by atoms with Crippen LogP contribution < -0.4 is 0 Å². The van der Waals surface area contributed by atoms with Crippen molar-refractivity contribution in [3.8, 4) is 0 Å². The minimum atomic E-state index is -1.08. The van der Waals surface area contributed by atoms with Gasteiger partial charge in [-0.3, -0.25) is 0 Å². The predicted octanol–water partition coefficient (Wildman–Crippen LogP) is 1.86. The van der Waals surface area contributed by atoms with Crippen molar-refractivity contribution in [1.29, 1.82) is 0 Å². The van der Waals surface area contributed by atoms with Gasteiger partial charge in [-0.2, -0.15) is 0 Å². The summed E-state index contributed by atoms with van der Waals surface area (Å²) in [4.78, 5) is 0. The van der Waals surface area contributed by atoms with E-state index < -0.39 is 23.2 Å². The Bertz CT molecular complexity index is 363. The molecule has 2 rings (SSSR count). The highest BCUT2D eigenvalue weighted by Crippen LogP contribution is 2.57. The number of aliphatic hydroxyl groups is 3. The molecule has 104 valence electrons. The summed E-state index contributed by atoms with van der Waals surface area (Å²) in [5, 5.41) is 31.7. The van der Waals surface area contributed by atoms with Crippen molar-refractivity contribution in [1.82, 2.24) is 0 Å². The maximum Gasteiger partial charge on any atom is 0.0962 e. The van der Waals surface area contributed by atoms with Gasteiger partial charge in [-0.15, -0.1) is 0 Å². The lowest BCUT2D eigenvalue weighted by atomic mass is 9.68. The zero-order valence-corrected chi connectivity index (χ0v) is 11.8. The lowest BCUT2D eigenvalue weighted by Gasteiger charge is -2.42. The molecule has 0 amide bonds. The van der Waals surface area contributed by atoms with Gasteiger partial charge in [-0.05, 0) is 38.0 Å².